The van der Waals surface area contributed by atoms with Crippen LogP contribution in [0, 0.1) is 5.92 Å². The number of allylic oxidation sites excluding steroid dienone is 1. The number of carbonyl (C=O) groups excluding carboxylic acids is 1. The van der Waals surface area contributed by atoms with Crippen molar-refractivity contribution in [3.8, 4) is 0 Å². The Balaban J connectivity index is 1.96. The van der Waals surface area contributed by atoms with Crippen LogP contribution in [0.2, 0.25) is 0 Å². The largest absolute Gasteiger partial charge is 0.465 e. The summed E-state index contributed by atoms with van der Waals surface area (Å²) in [6, 6.07) is 10.2. The fourth-order valence-corrected chi connectivity index (χ4v) is 2.36. The molecule has 1 aliphatic carbocycles. The van der Waals surface area contributed by atoms with E-state index >= 15 is 0 Å². The predicted molar refractivity (Wildman–Crippen MR) is 75.3 cm³/mol. The van der Waals surface area contributed by atoms with Gasteiger partial charge in [0.1, 0.15) is 0 Å². The molecule has 0 saturated heterocycles. The van der Waals surface area contributed by atoms with E-state index in [9.17, 15) is 4.79 Å². The van der Waals surface area contributed by atoms with E-state index < -0.39 is 0 Å². The van der Waals surface area contributed by atoms with Gasteiger partial charge in [0.05, 0.1) is 12.5 Å². The summed E-state index contributed by atoms with van der Waals surface area (Å²) < 4.78 is 5.14. The second kappa shape index (κ2) is 6.98. The highest BCUT2D eigenvalue weighted by molar-refractivity contribution is 5.75. The van der Waals surface area contributed by atoms with Gasteiger partial charge in [-0.05, 0) is 31.7 Å². The van der Waals surface area contributed by atoms with Gasteiger partial charge in [0.15, 0.2) is 0 Å². The highest BCUT2D eigenvalue weighted by Crippen LogP contribution is 2.24. The number of nitrogens with one attached hydrogen (secondary N) is 1. The average Bonchev–Trinajstić information content (AvgIpc) is 2.47. The third-order valence-corrected chi connectivity index (χ3v) is 3.35. The van der Waals surface area contributed by atoms with Crippen LogP contribution in [0.25, 0.3) is 0 Å². The molecule has 3 heteroatoms. The van der Waals surface area contributed by atoms with E-state index in [1.807, 2.05) is 25.1 Å². The summed E-state index contributed by atoms with van der Waals surface area (Å²) in [5.41, 5.74) is 2.24. The standard InChI is InChI=1S/C16H21NO2/c1-2-19-16(18)14-10-6-7-11-15(14)17-12-13-8-4-3-5-9-13/h3-5,8-9,11,14,17H,2,6-7,10,12H2,1H3. The number of rotatable bonds is 5. The third-order valence-electron chi connectivity index (χ3n) is 3.35. The van der Waals surface area contributed by atoms with Crippen molar-refractivity contribution in [2.75, 3.05) is 6.61 Å². The van der Waals surface area contributed by atoms with E-state index in [0.29, 0.717) is 6.61 Å². The molecule has 3 nitrogen and oxygen atoms in total. The smallest absolute Gasteiger partial charge is 0.314 e. The maximum absolute atomic E-state index is 11.9. The Morgan fingerprint density at radius 2 is 2.16 bits per heavy atom. The zero-order valence-corrected chi connectivity index (χ0v) is 11.4. The molecule has 0 amide bonds. The van der Waals surface area contributed by atoms with Gasteiger partial charge in [-0.1, -0.05) is 36.4 Å². The topological polar surface area (TPSA) is 38.3 Å². The Kier molecular flexibility index (Phi) is 5.01. The first-order valence-electron chi connectivity index (χ1n) is 6.95. The van der Waals surface area contributed by atoms with Gasteiger partial charge in [-0.2, -0.15) is 0 Å². The lowest BCUT2D eigenvalue weighted by Gasteiger charge is -2.24. The second-order valence-corrected chi connectivity index (χ2v) is 4.73. The monoisotopic (exact) mass is 259 g/mol. The van der Waals surface area contributed by atoms with E-state index in [1.54, 1.807) is 0 Å². The third kappa shape index (κ3) is 3.85. The number of hydrogen-bond acceptors (Lipinski definition) is 3. The summed E-state index contributed by atoms with van der Waals surface area (Å²) >= 11 is 0. The highest BCUT2D eigenvalue weighted by Gasteiger charge is 2.25. The van der Waals surface area contributed by atoms with Crippen LogP contribution in [0.4, 0.5) is 0 Å². The fraction of sp³-hybridized carbons (Fsp3) is 0.438. The van der Waals surface area contributed by atoms with Crippen molar-refractivity contribution in [1.29, 1.82) is 0 Å². The molecule has 0 saturated carbocycles. The molecular formula is C16H21NO2. The Morgan fingerprint density at radius 3 is 2.89 bits per heavy atom. The summed E-state index contributed by atoms with van der Waals surface area (Å²) in [5, 5.41) is 3.39. The van der Waals surface area contributed by atoms with Gasteiger partial charge in [0.25, 0.3) is 0 Å². The first-order chi connectivity index (χ1) is 9.31. The lowest BCUT2D eigenvalue weighted by molar-refractivity contribution is -0.147. The minimum Gasteiger partial charge on any atom is -0.465 e. The highest BCUT2D eigenvalue weighted by atomic mass is 16.5. The van der Waals surface area contributed by atoms with Gasteiger partial charge in [0.2, 0.25) is 0 Å². The normalized spacial score (nSPS) is 18.6. The molecule has 0 heterocycles. The van der Waals surface area contributed by atoms with Gasteiger partial charge in [0, 0.05) is 12.2 Å². The van der Waals surface area contributed by atoms with Gasteiger partial charge in [-0.15, -0.1) is 0 Å². The molecule has 1 N–H and O–H groups in total. The van der Waals surface area contributed by atoms with E-state index in [-0.39, 0.29) is 11.9 Å². The van der Waals surface area contributed by atoms with Crippen molar-refractivity contribution >= 4 is 5.97 Å². The van der Waals surface area contributed by atoms with Crippen molar-refractivity contribution in [1.82, 2.24) is 5.32 Å². The molecule has 1 unspecified atom stereocenters. The van der Waals surface area contributed by atoms with Crippen LogP contribution in [0.1, 0.15) is 31.7 Å². The second-order valence-electron chi connectivity index (χ2n) is 4.73. The summed E-state index contributed by atoms with van der Waals surface area (Å²) in [6.07, 6.45) is 5.10. The predicted octanol–water partition coefficient (Wildman–Crippen LogP) is 3.02. The molecule has 0 fully saturated rings. The Hall–Kier alpha value is -1.77. The summed E-state index contributed by atoms with van der Waals surface area (Å²) in [7, 11) is 0. The van der Waals surface area contributed by atoms with Crippen molar-refractivity contribution < 1.29 is 9.53 Å². The lowest BCUT2D eigenvalue weighted by atomic mass is 9.92. The zero-order chi connectivity index (χ0) is 13.5. The minimum atomic E-state index is -0.114. The van der Waals surface area contributed by atoms with Crippen LogP contribution >= 0.6 is 0 Å². The van der Waals surface area contributed by atoms with Crippen LogP contribution in [-0.4, -0.2) is 12.6 Å². The molecule has 1 aromatic carbocycles. The van der Waals surface area contributed by atoms with Gasteiger partial charge in [-0.3, -0.25) is 4.79 Å². The SMILES string of the molecule is CCOC(=O)C1CCCC=C1NCc1ccccc1. The van der Waals surface area contributed by atoms with E-state index in [1.165, 1.54) is 5.56 Å². The van der Waals surface area contributed by atoms with Crippen LogP contribution in [0.5, 0.6) is 0 Å². The number of hydrogen-bond donors (Lipinski definition) is 1. The quantitative estimate of drug-likeness (QED) is 0.826. The molecule has 19 heavy (non-hydrogen) atoms. The van der Waals surface area contributed by atoms with Gasteiger partial charge >= 0.3 is 5.97 Å². The number of carbonyl (C=O) groups is 1. The number of esters is 1. The first-order valence-corrected chi connectivity index (χ1v) is 6.95. The molecule has 1 aromatic rings. The Bertz CT molecular complexity index is 439. The van der Waals surface area contributed by atoms with E-state index in [4.69, 9.17) is 4.74 Å². The molecule has 0 spiro atoms. The average molecular weight is 259 g/mol. The van der Waals surface area contributed by atoms with Crippen molar-refractivity contribution in [2.24, 2.45) is 5.92 Å². The molecule has 102 valence electrons. The van der Waals surface area contributed by atoms with Crippen LogP contribution < -0.4 is 5.32 Å². The molecule has 1 aliphatic rings. The molecule has 0 aliphatic heterocycles. The molecule has 2 rings (SSSR count). The fourth-order valence-electron chi connectivity index (χ4n) is 2.36. The lowest BCUT2D eigenvalue weighted by Crippen LogP contribution is -2.29. The molecular weight excluding hydrogens is 238 g/mol. The van der Waals surface area contributed by atoms with E-state index in [2.05, 4.69) is 23.5 Å². The Labute approximate surface area is 114 Å². The Morgan fingerprint density at radius 1 is 1.37 bits per heavy atom. The van der Waals surface area contributed by atoms with Crippen LogP contribution in [0.3, 0.4) is 0 Å². The van der Waals surface area contributed by atoms with Crippen molar-refractivity contribution in [2.45, 2.75) is 32.7 Å². The van der Waals surface area contributed by atoms with Crippen molar-refractivity contribution in [3.63, 3.8) is 0 Å². The minimum absolute atomic E-state index is 0.103. The van der Waals surface area contributed by atoms with E-state index in [0.717, 1.165) is 31.5 Å². The summed E-state index contributed by atoms with van der Waals surface area (Å²) in [4.78, 5) is 11.9. The van der Waals surface area contributed by atoms with Gasteiger partial charge in [-0.25, -0.2) is 0 Å². The number of ether oxygens (including phenoxy) is 1. The maximum Gasteiger partial charge on any atom is 0.314 e. The zero-order valence-electron chi connectivity index (χ0n) is 11.4. The van der Waals surface area contributed by atoms with Crippen molar-refractivity contribution in [3.05, 3.63) is 47.7 Å². The molecule has 0 radical (unpaired) electrons. The molecule has 1 atom stereocenters. The summed E-state index contributed by atoms with van der Waals surface area (Å²) in [6.45, 7) is 3.05. The summed E-state index contributed by atoms with van der Waals surface area (Å²) in [5.74, 6) is -0.216. The van der Waals surface area contributed by atoms with Gasteiger partial charge < -0.3 is 10.1 Å². The van der Waals surface area contributed by atoms with Crippen LogP contribution in [0.15, 0.2) is 42.1 Å². The number of benzene rings is 1. The molecule has 0 aromatic heterocycles. The van der Waals surface area contributed by atoms with Crippen LogP contribution in [-0.2, 0) is 16.1 Å². The first kappa shape index (κ1) is 13.7. The molecule has 0 bridgehead atoms. The maximum atomic E-state index is 11.9.